The molecule has 1 aliphatic heterocycles. The van der Waals surface area contributed by atoms with Gasteiger partial charge in [0.1, 0.15) is 0 Å². The predicted octanol–water partition coefficient (Wildman–Crippen LogP) is 3.82. The maximum absolute atomic E-state index is 12.9. The number of nitrogens with one attached hydrogen (secondary N) is 2. The van der Waals surface area contributed by atoms with E-state index in [-0.39, 0.29) is 11.8 Å². The van der Waals surface area contributed by atoms with Gasteiger partial charge in [0.05, 0.1) is 11.9 Å². The Morgan fingerprint density at radius 2 is 1.62 bits per heavy atom. The van der Waals surface area contributed by atoms with Gasteiger partial charge in [0, 0.05) is 29.0 Å². The van der Waals surface area contributed by atoms with Gasteiger partial charge >= 0.3 is 0 Å². The third kappa shape index (κ3) is 4.65. The minimum Gasteiger partial charge on any atom is -0.322 e. The zero-order chi connectivity index (χ0) is 22.9. The van der Waals surface area contributed by atoms with Crippen molar-refractivity contribution in [1.29, 1.82) is 0 Å². The normalized spacial score (nSPS) is 12.9. The SMILES string of the molecule is Cc1ccc(C(=O)Nc2ccc(C(=O)N3CCc4ccccc43)cc2)cc1NS(C)(=O)=O. The first-order valence-electron chi connectivity index (χ1n) is 10.1. The molecule has 0 spiro atoms. The summed E-state index contributed by atoms with van der Waals surface area (Å²) in [6, 6.07) is 19.4. The van der Waals surface area contributed by atoms with Crippen LogP contribution in [0.1, 0.15) is 31.8 Å². The van der Waals surface area contributed by atoms with Gasteiger partial charge in [-0.15, -0.1) is 0 Å². The van der Waals surface area contributed by atoms with Crippen molar-refractivity contribution in [1.82, 2.24) is 0 Å². The summed E-state index contributed by atoms with van der Waals surface area (Å²) in [4.78, 5) is 27.3. The predicted molar refractivity (Wildman–Crippen MR) is 126 cm³/mol. The number of aryl methyl sites for hydroxylation is 1. The van der Waals surface area contributed by atoms with Gasteiger partial charge in [0.2, 0.25) is 10.0 Å². The van der Waals surface area contributed by atoms with Gasteiger partial charge in [0.15, 0.2) is 0 Å². The van der Waals surface area contributed by atoms with E-state index in [9.17, 15) is 18.0 Å². The van der Waals surface area contributed by atoms with Crippen LogP contribution in [-0.4, -0.2) is 33.0 Å². The summed E-state index contributed by atoms with van der Waals surface area (Å²) < 4.78 is 25.5. The van der Waals surface area contributed by atoms with Gasteiger partial charge in [-0.2, -0.15) is 0 Å². The Morgan fingerprint density at radius 3 is 2.34 bits per heavy atom. The summed E-state index contributed by atoms with van der Waals surface area (Å²) in [6.07, 6.45) is 1.89. The van der Waals surface area contributed by atoms with E-state index in [0.717, 1.165) is 23.9 Å². The highest BCUT2D eigenvalue weighted by molar-refractivity contribution is 7.92. The van der Waals surface area contributed by atoms with Crippen molar-refractivity contribution in [2.24, 2.45) is 0 Å². The van der Waals surface area contributed by atoms with Crippen LogP contribution in [0.2, 0.25) is 0 Å². The van der Waals surface area contributed by atoms with Crippen LogP contribution in [0.5, 0.6) is 0 Å². The van der Waals surface area contributed by atoms with E-state index in [4.69, 9.17) is 0 Å². The molecule has 3 aromatic rings. The number of benzene rings is 3. The minimum absolute atomic E-state index is 0.0807. The molecular formula is C24H23N3O4S. The number of hydrogen-bond acceptors (Lipinski definition) is 4. The average Bonchev–Trinajstić information content (AvgIpc) is 3.18. The quantitative estimate of drug-likeness (QED) is 0.619. The summed E-state index contributed by atoms with van der Waals surface area (Å²) in [6.45, 7) is 2.40. The molecule has 0 saturated heterocycles. The molecule has 0 aliphatic carbocycles. The molecule has 1 aliphatic rings. The van der Waals surface area contributed by atoms with Crippen LogP contribution in [0.25, 0.3) is 0 Å². The van der Waals surface area contributed by atoms with E-state index < -0.39 is 10.0 Å². The van der Waals surface area contributed by atoms with E-state index >= 15 is 0 Å². The van der Waals surface area contributed by atoms with Gasteiger partial charge in [-0.3, -0.25) is 14.3 Å². The second kappa shape index (κ2) is 8.47. The Morgan fingerprint density at radius 1 is 0.938 bits per heavy atom. The lowest BCUT2D eigenvalue weighted by atomic mass is 10.1. The van der Waals surface area contributed by atoms with Crippen LogP contribution in [-0.2, 0) is 16.4 Å². The first-order chi connectivity index (χ1) is 15.2. The first-order valence-corrected chi connectivity index (χ1v) is 12.0. The highest BCUT2D eigenvalue weighted by Crippen LogP contribution is 2.29. The minimum atomic E-state index is -3.46. The molecule has 0 atom stereocenters. The first kappa shape index (κ1) is 21.6. The molecule has 0 bridgehead atoms. The topological polar surface area (TPSA) is 95.6 Å². The summed E-state index contributed by atoms with van der Waals surface area (Å²) in [7, 11) is -3.46. The number of amides is 2. The third-order valence-electron chi connectivity index (χ3n) is 5.32. The average molecular weight is 450 g/mol. The molecule has 0 radical (unpaired) electrons. The number of hydrogen-bond donors (Lipinski definition) is 2. The highest BCUT2D eigenvalue weighted by atomic mass is 32.2. The Hall–Kier alpha value is -3.65. The Kier molecular flexibility index (Phi) is 5.71. The Balaban J connectivity index is 1.47. The van der Waals surface area contributed by atoms with Gasteiger partial charge in [-0.25, -0.2) is 8.42 Å². The van der Waals surface area contributed by atoms with Crippen molar-refractivity contribution in [3.8, 4) is 0 Å². The number of carbonyl (C=O) groups excluding carboxylic acids is 2. The van der Waals surface area contributed by atoms with Crippen molar-refractivity contribution >= 4 is 38.9 Å². The van der Waals surface area contributed by atoms with Gasteiger partial charge < -0.3 is 10.2 Å². The number of rotatable bonds is 5. The van der Waals surface area contributed by atoms with E-state index in [2.05, 4.69) is 10.0 Å². The summed E-state index contributed by atoms with van der Waals surface area (Å²) in [5, 5.41) is 2.78. The maximum atomic E-state index is 12.9. The molecule has 0 fully saturated rings. The van der Waals surface area contributed by atoms with Crippen LogP contribution in [0.3, 0.4) is 0 Å². The van der Waals surface area contributed by atoms with Crippen molar-refractivity contribution in [2.75, 3.05) is 27.7 Å². The van der Waals surface area contributed by atoms with Gasteiger partial charge in [-0.1, -0.05) is 24.3 Å². The zero-order valence-electron chi connectivity index (χ0n) is 17.8. The largest absolute Gasteiger partial charge is 0.322 e. The van der Waals surface area contributed by atoms with E-state index in [1.165, 1.54) is 6.07 Å². The molecule has 1 heterocycles. The van der Waals surface area contributed by atoms with Crippen LogP contribution >= 0.6 is 0 Å². The summed E-state index contributed by atoms with van der Waals surface area (Å²) in [5.41, 5.74) is 4.54. The Labute approximate surface area is 187 Å². The maximum Gasteiger partial charge on any atom is 0.258 e. The third-order valence-corrected chi connectivity index (χ3v) is 5.91. The number of anilines is 3. The fraction of sp³-hybridized carbons (Fsp3) is 0.167. The second-order valence-corrected chi connectivity index (χ2v) is 9.52. The van der Waals surface area contributed by atoms with E-state index in [1.807, 2.05) is 24.3 Å². The lowest BCUT2D eigenvalue weighted by Gasteiger charge is -2.17. The fourth-order valence-electron chi connectivity index (χ4n) is 3.68. The molecular weight excluding hydrogens is 426 g/mol. The van der Waals surface area contributed by atoms with Crippen LogP contribution in [0.4, 0.5) is 17.1 Å². The molecule has 3 aromatic carbocycles. The second-order valence-electron chi connectivity index (χ2n) is 7.77. The lowest BCUT2D eigenvalue weighted by molar-refractivity contribution is 0.0988. The zero-order valence-corrected chi connectivity index (χ0v) is 18.6. The molecule has 2 amide bonds. The van der Waals surface area contributed by atoms with E-state index in [0.29, 0.717) is 34.6 Å². The lowest BCUT2D eigenvalue weighted by Crippen LogP contribution is -2.28. The molecule has 0 saturated carbocycles. The van der Waals surface area contributed by atoms with E-state index in [1.54, 1.807) is 48.2 Å². The molecule has 2 N–H and O–H groups in total. The number of sulfonamides is 1. The van der Waals surface area contributed by atoms with Gasteiger partial charge in [0.25, 0.3) is 11.8 Å². The standard InChI is InChI=1S/C24H23N3O4S/c1-16-7-8-19(15-21(16)26-32(2,30)31)23(28)25-20-11-9-18(10-12-20)24(29)27-14-13-17-5-3-4-6-22(17)27/h3-12,15,26H,13-14H2,1-2H3,(H,25,28). The molecule has 4 rings (SSSR count). The smallest absolute Gasteiger partial charge is 0.258 e. The monoisotopic (exact) mass is 449 g/mol. The Bertz CT molecular complexity index is 1300. The van der Waals surface area contributed by atoms with Crippen molar-refractivity contribution in [2.45, 2.75) is 13.3 Å². The van der Waals surface area contributed by atoms with Crippen molar-refractivity contribution in [3.63, 3.8) is 0 Å². The van der Waals surface area contributed by atoms with Gasteiger partial charge in [-0.05, 0) is 66.9 Å². The van der Waals surface area contributed by atoms with Crippen molar-refractivity contribution < 1.29 is 18.0 Å². The fourth-order valence-corrected chi connectivity index (χ4v) is 4.30. The molecule has 164 valence electrons. The van der Waals surface area contributed by atoms with Crippen molar-refractivity contribution in [3.05, 3.63) is 89.0 Å². The number of para-hydroxylation sites is 1. The number of fused-ring (bicyclic) bond motifs is 1. The molecule has 32 heavy (non-hydrogen) atoms. The molecule has 8 heteroatoms. The van der Waals surface area contributed by atoms with Crippen LogP contribution in [0, 0.1) is 6.92 Å². The summed E-state index contributed by atoms with van der Waals surface area (Å²) in [5.74, 6) is -0.461. The molecule has 0 unspecified atom stereocenters. The molecule has 0 aromatic heterocycles. The highest BCUT2D eigenvalue weighted by Gasteiger charge is 2.25. The van der Waals surface area contributed by atoms with Crippen LogP contribution < -0.4 is 14.9 Å². The number of nitrogens with zero attached hydrogens (tertiary/aromatic N) is 1. The molecule has 7 nitrogen and oxygen atoms in total. The summed E-state index contributed by atoms with van der Waals surface area (Å²) >= 11 is 0. The number of carbonyl (C=O) groups is 2. The van der Waals surface area contributed by atoms with Crippen LogP contribution in [0.15, 0.2) is 66.7 Å².